The molecule has 0 atom stereocenters. The van der Waals surface area contributed by atoms with Crippen LogP contribution in [0.1, 0.15) is 19.0 Å². The van der Waals surface area contributed by atoms with E-state index < -0.39 is 6.43 Å². The molecule has 80 valence electrons. The van der Waals surface area contributed by atoms with Crippen LogP contribution < -0.4 is 0 Å². The predicted molar refractivity (Wildman–Crippen MR) is 50.6 cm³/mol. The van der Waals surface area contributed by atoms with Gasteiger partial charge in [-0.05, 0) is 25.1 Å². The van der Waals surface area contributed by atoms with E-state index in [-0.39, 0.29) is 5.69 Å². The molecule has 0 aliphatic heterocycles. The van der Waals surface area contributed by atoms with Crippen molar-refractivity contribution in [1.82, 2.24) is 9.78 Å². The van der Waals surface area contributed by atoms with Gasteiger partial charge in [-0.1, -0.05) is 0 Å². The van der Waals surface area contributed by atoms with Gasteiger partial charge in [0.2, 0.25) is 0 Å². The lowest BCUT2D eigenvalue weighted by molar-refractivity contribution is 0.145. The van der Waals surface area contributed by atoms with Crippen LogP contribution in [0.3, 0.4) is 0 Å². The number of alkyl halides is 2. The lowest BCUT2D eigenvalue weighted by Crippen LogP contribution is -1.99. The lowest BCUT2D eigenvalue weighted by Gasteiger charge is -1.99. The average Bonchev–Trinajstić information content (AvgIpc) is 2.86. The van der Waals surface area contributed by atoms with E-state index in [4.69, 9.17) is 4.42 Å². The van der Waals surface area contributed by atoms with Crippen LogP contribution in [0.25, 0.3) is 11.5 Å². The molecule has 0 aromatic carbocycles. The number of hydrogen-bond acceptors (Lipinski definition) is 2. The predicted octanol–water partition coefficient (Wildman–Crippen LogP) is 3.10. The number of nitrogens with zero attached hydrogens (tertiary/aromatic N) is 2. The SMILES string of the molecule is CCn1nc(C(F)F)cc1-c1ccco1. The van der Waals surface area contributed by atoms with Gasteiger partial charge in [0.25, 0.3) is 6.43 Å². The van der Waals surface area contributed by atoms with Crippen molar-refractivity contribution in [2.45, 2.75) is 19.9 Å². The van der Waals surface area contributed by atoms with Gasteiger partial charge in [-0.25, -0.2) is 8.78 Å². The van der Waals surface area contributed by atoms with Gasteiger partial charge in [0.05, 0.1) is 6.26 Å². The van der Waals surface area contributed by atoms with Crippen LogP contribution in [0.2, 0.25) is 0 Å². The van der Waals surface area contributed by atoms with Gasteiger partial charge in [0, 0.05) is 6.54 Å². The minimum absolute atomic E-state index is 0.219. The van der Waals surface area contributed by atoms with E-state index in [1.807, 2.05) is 6.92 Å². The Morgan fingerprint density at radius 3 is 2.87 bits per heavy atom. The summed E-state index contributed by atoms with van der Waals surface area (Å²) in [6.45, 7) is 2.37. The Morgan fingerprint density at radius 2 is 2.33 bits per heavy atom. The summed E-state index contributed by atoms with van der Waals surface area (Å²) in [6, 6.07) is 4.79. The van der Waals surface area contributed by atoms with Crippen molar-refractivity contribution in [1.29, 1.82) is 0 Å². The zero-order valence-corrected chi connectivity index (χ0v) is 8.15. The molecule has 0 radical (unpaired) electrons. The fraction of sp³-hybridized carbons (Fsp3) is 0.300. The fourth-order valence-corrected chi connectivity index (χ4v) is 1.41. The molecule has 0 aliphatic carbocycles. The van der Waals surface area contributed by atoms with Crippen molar-refractivity contribution in [3.05, 3.63) is 30.2 Å². The third-order valence-electron chi connectivity index (χ3n) is 2.10. The number of halogens is 2. The molecular weight excluding hydrogens is 202 g/mol. The quantitative estimate of drug-likeness (QED) is 0.782. The summed E-state index contributed by atoms with van der Waals surface area (Å²) >= 11 is 0. The zero-order valence-electron chi connectivity index (χ0n) is 8.15. The smallest absolute Gasteiger partial charge is 0.282 e. The highest BCUT2D eigenvalue weighted by Gasteiger charge is 2.16. The third-order valence-corrected chi connectivity index (χ3v) is 2.10. The highest BCUT2D eigenvalue weighted by atomic mass is 19.3. The molecule has 5 heteroatoms. The first-order chi connectivity index (χ1) is 7.22. The van der Waals surface area contributed by atoms with Crippen LogP contribution in [0.5, 0.6) is 0 Å². The maximum atomic E-state index is 12.4. The van der Waals surface area contributed by atoms with E-state index in [0.717, 1.165) is 0 Å². The standard InChI is InChI=1S/C10H10F2N2O/c1-2-14-8(9-4-3-5-15-9)6-7(13-14)10(11)12/h3-6,10H,2H2,1H3. The maximum absolute atomic E-state index is 12.4. The first kappa shape index (κ1) is 9.89. The van der Waals surface area contributed by atoms with Crippen molar-refractivity contribution < 1.29 is 13.2 Å². The number of hydrogen-bond donors (Lipinski definition) is 0. The van der Waals surface area contributed by atoms with Crippen LogP contribution in [-0.4, -0.2) is 9.78 Å². The number of furan rings is 1. The minimum Gasteiger partial charge on any atom is -0.463 e. The Kier molecular flexibility index (Phi) is 2.53. The summed E-state index contributed by atoms with van der Waals surface area (Å²) in [5, 5.41) is 3.79. The Morgan fingerprint density at radius 1 is 1.53 bits per heavy atom. The Labute approximate surface area is 85.3 Å². The van der Waals surface area contributed by atoms with Gasteiger partial charge in [0.1, 0.15) is 11.4 Å². The molecule has 2 heterocycles. The molecule has 0 bridgehead atoms. The first-order valence-corrected chi connectivity index (χ1v) is 4.62. The Bertz CT molecular complexity index is 434. The molecule has 0 aliphatic rings. The summed E-state index contributed by atoms with van der Waals surface area (Å²) in [5.74, 6) is 0.552. The van der Waals surface area contributed by atoms with Crippen LogP contribution in [0.15, 0.2) is 28.9 Å². The lowest BCUT2D eigenvalue weighted by atomic mass is 10.3. The van der Waals surface area contributed by atoms with Crippen molar-refractivity contribution >= 4 is 0 Å². The molecule has 0 spiro atoms. The highest BCUT2D eigenvalue weighted by molar-refractivity contribution is 5.53. The second kappa shape index (κ2) is 3.84. The van der Waals surface area contributed by atoms with Gasteiger partial charge in [-0.2, -0.15) is 5.10 Å². The van der Waals surface area contributed by atoms with Crippen LogP contribution >= 0.6 is 0 Å². The molecule has 2 rings (SSSR count). The average molecular weight is 212 g/mol. The topological polar surface area (TPSA) is 31.0 Å². The Hall–Kier alpha value is -1.65. The molecule has 0 saturated carbocycles. The summed E-state index contributed by atoms with van der Waals surface area (Å²) in [4.78, 5) is 0. The van der Waals surface area contributed by atoms with Gasteiger partial charge < -0.3 is 4.42 Å². The summed E-state index contributed by atoms with van der Waals surface area (Å²) in [5.41, 5.74) is 0.362. The van der Waals surface area contributed by atoms with Gasteiger partial charge in [0.15, 0.2) is 5.76 Å². The third kappa shape index (κ3) is 1.77. The van der Waals surface area contributed by atoms with Crippen molar-refractivity contribution in [2.24, 2.45) is 0 Å². The molecule has 0 saturated heterocycles. The maximum Gasteiger partial charge on any atom is 0.282 e. The molecular formula is C10H10F2N2O. The van der Waals surface area contributed by atoms with E-state index >= 15 is 0 Å². The van der Waals surface area contributed by atoms with Crippen molar-refractivity contribution in [2.75, 3.05) is 0 Å². The summed E-state index contributed by atoms with van der Waals surface area (Å²) in [6.07, 6.45) is -1.05. The van der Waals surface area contributed by atoms with Gasteiger partial charge in [-0.15, -0.1) is 0 Å². The molecule has 0 amide bonds. The molecule has 3 nitrogen and oxygen atoms in total. The van der Waals surface area contributed by atoms with Crippen molar-refractivity contribution in [3.63, 3.8) is 0 Å². The summed E-state index contributed by atoms with van der Waals surface area (Å²) < 4.78 is 31.5. The zero-order chi connectivity index (χ0) is 10.8. The van der Waals surface area contributed by atoms with Crippen LogP contribution in [-0.2, 0) is 6.54 Å². The number of rotatable bonds is 3. The van der Waals surface area contributed by atoms with Crippen LogP contribution in [0, 0.1) is 0 Å². The molecule has 0 N–H and O–H groups in total. The monoisotopic (exact) mass is 212 g/mol. The molecule has 15 heavy (non-hydrogen) atoms. The number of aromatic nitrogens is 2. The van der Waals surface area contributed by atoms with E-state index in [1.54, 1.807) is 12.1 Å². The summed E-state index contributed by atoms with van der Waals surface area (Å²) in [7, 11) is 0. The number of aryl methyl sites for hydroxylation is 1. The second-order valence-corrected chi connectivity index (χ2v) is 3.05. The van der Waals surface area contributed by atoms with Crippen LogP contribution in [0.4, 0.5) is 8.78 Å². The van der Waals surface area contributed by atoms with E-state index in [0.29, 0.717) is 18.0 Å². The fourth-order valence-electron chi connectivity index (χ4n) is 1.41. The largest absolute Gasteiger partial charge is 0.463 e. The minimum atomic E-state index is -2.55. The molecule has 0 fully saturated rings. The van der Waals surface area contributed by atoms with Gasteiger partial charge >= 0.3 is 0 Å². The second-order valence-electron chi connectivity index (χ2n) is 3.05. The van der Waals surface area contributed by atoms with E-state index in [2.05, 4.69) is 5.10 Å². The normalized spacial score (nSPS) is 11.2. The molecule has 2 aromatic heterocycles. The van der Waals surface area contributed by atoms with Gasteiger partial charge in [-0.3, -0.25) is 4.68 Å². The molecule has 0 unspecified atom stereocenters. The van der Waals surface area contributed by atoms with E-state index in [1.165, 1.54) is 17.0 Å². The van der Waals surface area contributed by atoms with E-state index in [9.17, 15) is 8.78 Å². The van der Waals surface area contributed by atoms with Crippen molar-refractivity contribution in [3.8, 4) is 11.5 Å². The Balaban J connectivity index is 2.46. The first-order valence-electron chi connectivity index (χ1n) is 4.62. The molecule has 2 aromatic rings. The highest BCUT2D eigenvalue weighted by Crippen LogP contribution is 2.25.